The molecule has 1 aliphatic rings. The number of methoxy groups -OCH3 is 1. The van der Waals surface area contributed by atoms with Crippen LogP contribution in [0.15, 0.2) is 54.9 Å². The molecule has 1 aliphatic heterocycles. The molecule has 0 N–H and O–H groups in total. The lowest BCUT2D eigenvalue weighted by molar-refractivity contribution is -0.137. The highest BCUT2D eigenvalue weighted by molar-refractivity contribution is 5.87. The van der Waals surface area contributed by atoms with Crippen molar-refractivity contribution in [3.05, 3.63) is 66.2 Å². The van der Waals surface area contributed by atoms with Crippen molar-refractivity contribution >= 4 is 23.0 Å². The minimum Gasteiger partial charge on any atom is -0.494 e. The molecule has 144 valence electrons. The van der Waals surface area contributed by atoms with Gasteiger partial charge in [-0.25, -0.2) is 14.4 Å². The van der Waals surface area contributed by atoms with Crippen LogP contribution in [-0.2, 0) is 6.18 Å². The third-order valence-electron chi connectivity index (χ3n) is 4.42. The average Bonchev–Trinajstić information content (AvgIpc) is 3.09. The minimum absolute atomic E-state index is 0.0245. The maximum absolute atomic E-state index is 15.1. The number of hydrogen-bond donors (Lipinski definition) is 0. The molecular formula is C19H14F4N4O. The van der Waals surface area contributed by atoms with Crippen LogP contribution in [0.2, 0.25) is 0 Å². The van der Waals surface area contributed by atoms with Crippen LogP contribution in [0.1, 0.15) is 5.56 Å². The zero-order chi connectivity index (χ0) is 19.9. The first-order valence-corrected chi connectivity index (χ1v) is 8.26. The summed E-state index contributed by atoms with van der Waals surface area (Å²) in [4.78, 5) is 11.1. The quantitative estimate of drug-likeness (QED) is 0.596. The second-order valence-electron chi connectivity index (χ2n) is 6.01. The van der Waals surface area contributed by atoms with Gasteiger partial charge in [0.2, 0.25) is 5.95 Å². The van der Waals surface area contributed by atoms with Crippen molar-refractivity contribution in [1.82, 2.24) is 9.97 Å². The van der Waals surface area contributed by atoms with Gasteiger partial charge in [0.15, 0.2) is 11.6 Å². The minimum atomic E-state index is -4.59. The summed E-state index contributed by atoms with van der Waals surface area (Å²) in [6, 6.07) is 9.65. The number of anilines is 4. The molecule has 5 nitrogen and oxygen atoms in total. The summed E-state index contributed by atoms with van der Waals surface area (Å²) in [5, 5.41) is 0. The van der Waals surface area contributed by atoms with Crippen LogP contribution >= 0.6 is 0 Å². The van der Waals surface area contributed by atoms with Gasteiger partial charge in [-0.05, 0) is 30.3 Å². The van der Waals surface area contributed by atoms with E-state index in [-0.39, 0.29) is 29.7 Å². The lowest BCUT2D eigenvalue weighted by Crippen LogP contribution is -2.27. The second kappa shape index (κ2) is 6.66. The van der Waals surface area contributed by atoms with E-state index in [2.05, 4.69) is 9.97 Å². The van der Waals surface area contributed by atoms with Crippen molar-refractivity contribution in [2.24, 2.45) is 0 Å². The molecule has 0 spiro atoms. The van der Waals surface area contributed by atoms with Gasteiger partial charge >= 0.3 is 6.18 Å². The number of aromatic nitrogens is 2. The highest BCUT2D eigenvalue weighted by Crippen LogP contribution is 2.49. The van der Waals surface area contributed by atoms with Crippen molar-refractivity contribution in [2.75, 3.05) is 23.6 Å². The fourth-order valence-electron chi connectivity index (χ4n) is 3.20. The second-order valence-corrected chi connectivity index (χ2v) is 6.01. The average molecular weight is 390 g/mol. The number of hydrogen-bond acceptors (Lipinski definition) is 5. The summed E-state index contributed by atoms with van der Waals surface area (Å²) < 4.78 is 60.8. The predicted octanol–water partition coefficient (Wildman–Crippen LogP) is 4.89. The van der Waals surface area contributed by atoms with Gasteiger partial charge in [-0.2, -0.15) is 13.2 Å². The van der Waals surface area contributed by atoms with Gasteiger partial charge in [0, 0.05) is 12.4 Å². The first kappa shape index (κ1) is 18.0. The zero-order valence-electron chi connectivity index (χ0n) is 14.6. The van der Waals surface area contributed by atoms with Crippen molar-refractivity contribution in [3.63, 3.8) is 0 Å². The molecule has 0 amide bonds. The molecule has 9 heteroatoms. The Hall–Kier alpha value is -3.36. The van der Waals surface area contributed by atoms with E-state index in [1.165, 1.54) is 48.7 Å². The maximum atomic E-state index is 15.1. The molecule has 0 bridgehead atoms. The van der Waals surface area contributed by atoms with Crippen LogP contribution in [0.4, 0.5) is 40.6 Å². The smallest absolute Gasteiger partial charge is 0.418 e. The van der Waals surface area contributed by atoms with Gasteiger partial charge < -0.3 is 9.64 Å². The molecule has 0 unspecified atom stereocenters. The standard InChI is InChI=1S/C19H14F4N4O/c1-28-15-8-7-14-17(16(15)20)26(11-27(14)18-24-9-4-10-25-18)13-6-3-2-5-12(13)19(21,22)23/h2-10H,11H2,1H3. The van der Waals surface area contributed by atoms with Gasteiger partial charge in [0.25, 0.3) is 0 Å². The van der Waals surface area contributed by atoms with Crippen molar-refractivity contribution in [3.8, 4) is 5.75 Å². The largest absolute Gasteiger partial charge is 0.494 e. The number of para-hydroxylation sites is 1. The number of alkyl halides is 3. The first-order valence-electron chi connectivity index (χ1n) is 8.26. The normalized spacial score (nSPS) is 13.6. The van der Waals surface area contributed by atoms with Gasteiger partial charge in [0.1, 0.15) is 12.4 Å². The molecule has 1 aromatic heterocycles. The van der Waals surface area contributed by atoms with Crippen LogP contribution in [0.25, 0.3) is 0 Å². The van der Waals surface area contributed by atoms with Gasteiger partial charge in [-0.1, -0.05) is 12.1 Å². The fourth-order valence-corrected chi connectivity index (χ4v) is 3.20. The van der Waals surface area contributed by atoms with Crippen LogP contribution < -0.4 is 14.5 Å². The molecule has 0 atom stereocenters. The zero-order valence-corrected chi connectivity index (χ0v) is 14.6. The predicted molar refractivity (Wildman–Crippen MR) is 95.6 cm³/mol. The summed E-state index contributed by atoms with van der Waals surface area (Å²) in [6.07, 6.45) is -1.58. The van der Waals surface area contributed by atoms with Crippen LogP contribution in [-0.4, -0.2) is 23.7 Å². The molecule has 4 rings (SSSR count). The van der Waals surface area contributed by atoms with Gasteiger partial charge in [0.05, 0.1) is 24.0 Å². The topological polar surface area (TPSA) is 41.5 Å². The highest BCUT2D eigenvalue weighted by atomic mass is 19.4. The first-order chi connectivity index (χ1) is 13.4. The van der Waals surface area contributed by atoms with Gasteiger partial charge in [-0.3, -0.25) is 4.90 Å². The number of benzene rings is 2. The highest BCUT2D eigenvalue weighted by Gasteiger charge is 2.39. The summed E-state index contributed by atoms with van der Waals surface area (Å²) in [5.74, 6) is -0.570. The molecular weight excluding hydrogens is 376 g/mol. The van der Waals surface area contributed by atoms with Crippen LogP contribution in [0.5, 0.6) is 5.75 Å². The fraction of sp³-hybridized carbons (Fsp3) is 0.158. The number of rotatable bonds is 3. The molecule has 0 fully saturated rings. The van der Waals surface area contributed by atoms with E-state index in [1.807, 2.05) is 0 Å². The number of halogens is 4. The number of nitrogens with zero attached hydrogens (tertiary/aromatic N) is 4. The molecule has 0 aliphatic carbocycles. The maximum Gasteiger partial charge on any atom is 0.418 e. The summed E-state index contributed by atoms with van der Waals surface area (Å²) >= 11 is 0. The van der Waals surface area contributed by atoms with Crippen molar-refractivity contribution in [1.29, 1.82) is 0 Å². The molecule has 28 heavy (non-hydrogen) atoms. The van der Waals surface area contributed by atoms with Crippen LogP contribution in [0, 0.1) is 5.82 Å². The summed E-state index contributed by atoms with van der Waals surface area (Å²) in [7, 11) is 1.30. The lowest BCUT2D eigenvalue weighted by atomic mass is 10.1. The molecule has 2 heterocycles. The summed E-state index contributed by atoms with van der Waals surface area (Å²) in [6.45, 7) is -0.0868. The third kappa shape index (κ3) is 2.88. The van der Waals surface area contributed by atoms with Crippen LogP contribution in [0.3, 0.4) is 0 Å². The van der Waals surface area contributed by atoms with E-state index in [4.69, 9.17) is 4.74 Å². The summed E-state index contributed by atoms with van der Waals surface area (Å²) in [5.41, 5.74) is -0.703. The number of fused-ring (bicyclic) bond motifs is 1. The Labute approximate surface area is 157 Å². The Balaban J connectivity index is 1.92. The van der Waals surface area contributed by atoms with E-state index >= 15 is 4.39 Å². The molecule has 2 aromatic carbocycles. The Morgan fingerprint density at radius 3 is 2.32 bits per heavy atom. The molecule has 0 saturated heterocycles. The number of ether oxygens (including phenoxy) is 1. The molecule has 0 saturated carbocycles. The SMILES string of the molecule is COc1ccc2c(c1F)N(c1ccccc1C(F)(F)F)CN2c1ncccn1. The lowest BCUT2D eigenvalue weighted by Gasteiger charge is -2.24. The van der Waals surface area contributed by atoms with Gasteiger partial charge in [-0.15, -0.1) is 0 Å². The van der Waals surface area contributed by atoms with E-state index < -0.39 is 17.6 Å². The van der Waals surface area contributed by atoms with E-state index in [9.17, 15) is 13.2 Å². The van der Waals surface area contributed by atoms with Crippen molar-refractivity contribution in [2.45, 2.75) is 6.18 Å². The Morgan fingerprint density at radius 1 is 0.929 bits per heavy atom. The monoisotopic (exact) mass is 390 g/mol. The Kier molecular flexibility index (Phi) is 4.29. The van der Waals surface area contributed by atoms with Crippen molar-refractivity contribution < 1.29 is 22.3 Å². The molecule has 3 aromatic rings. The van der Waals surface area contributed by atoms with E-state index in [1.54, 1.807) is 17.0 Å². The van der Waals surface area contributed by atoms with E-state index in [0.717, 1.165) is 6.07 Å². The Morgan fingerprint density at radius 2 is 1.64 bits per heavy atom. The molecule has 0 radical (unpaired) electrons. The van der Waals surface area contributed by atoms with E-state index in [0.29, 0.717) is 5.69 Å². The Bertz CT molecular complexity index is 1010. The third-order valence-corrected chi connectivity index (χ3v) is 4.42.